The van der Waals surface area contributed by atoms with E-state index in [1.807, 2.05) is 6.07 Å². The summed E-state index contributed by atoms with van der Waals surface area (Å²) < 4.78 is 19.7. The highest BCUT2D eigenvalue weighted by Gasteiger charge is 2.26. The van der Waals surface area contributed by atoms with Crippen LogP contribution in [0.2, 0.25) is 0 Å². The van der Waals surface area contributed by atoms with Gasteiger partial charge in [0, 0.05) is 5.56 Å². The molecule has 0 heterocycles. The highest BCUT2D eigenvalue weighted by Crippen LogP contribution is 2.39. The molecule has 2 aliphatic rings. The third-order valence-electron chi connectivity index (χ3n) is 6.91. The van der Waals surface area contributed by atoms with Crippen LogP contribution < -0.4 is 4.65 Å². The summed E-state index contributed by atoms with van der Waals surface area (Å²) in [5.41, 5.74) is 1.31. The molecule has 1 N–H and O–H groups in total. The lowest BCUT2D eigenvalue weighted by atomic mass is 9.72. The molecule has 0 radical (unpaired) electrons. The highest BCUT2D eigenvalue weighted by atomic mass is 19.1. The van der Waals surface area contributed by atoms with E-state index in [-0.39, 0.29) is 5.82 Å². The van der Waals surface area contributed by atoms with Crippen LogP contribution in [0.4, 0.5) is 4.39 Å². The predicted octanol–water partition coefficient (Wildman–Crippen LogP) is 5.34. The Bertz CT molecular complexity index is 576. The Morgan fingerprint density at radius 1 is 1.00 bits per heavy atom. The molecule has 1 aromatic rings. The second kappa shape index (κ2) is 9.26. The molecule has 1 aromatic carbocycles. The van der Waals surface area contributed by atoms with E-state index in [0.717, 1.165) is 29.7 Å². The van der Waals surface area contributed by atoms with Crippen molar-refractivity contribution in [3.8, 4) is 5.75 Å². The second-order valence-corrected chi connectivity index (χ2v) is 8.89. The van der Waals surface area contributed by atoms with Crippen LogP contribution in [0.1, 0.15) is 75.8 Å². The van der Waals surface area contributed by atoms with Crippen molar-refractivity contribution in [1.82, 2.24) is 0 Å². The minimum absolute atomic E-state index is 0.158. The Balaban J connectivity index is 1.47. The molecule has 2 saturated carbocycles. The fourth-order valence-electron chi connectivity index (χ4n) is 5.13. The first-order valence-electron chi connectivity index (χ1n) is 10.6. The summed E-state index contributed by atoms with van der Waals surface area (Å²) in [7, 11) is -0.413. The standard InChI is InChI=1S/C22H34BFO2/c1-15-3-5-17(6-4-15)13-18-7-9-19(10-8-18)14-20-11-12-21(26-23-25)16(2)22(20)24/h11-12,15,17-19,23,25H,3-10,13-14H2,1-2H3. The molecule has 2 nitrogen and oxygen atoms in total. The molecule has 0 bridgehead atoms. The van der Waals surface area contributed by atoms with E-state index in [2.05, 4.69) is 6.92 Å². The van der Waals surface area contributed by atoms with Gasteiger partial charge in [-0.3, -0.25) is 0 Å². The second-order valence-electron chi connectivity index (χ2n) is 8.89. The number of hydrogen-bond donors (Lipinski definition) is 1. The number of halogens is 1. The lowest BCUT2D eigenvalue weighted by Gasteiger charge is -2.33. The van der Waals surface area contributed by atoms with Gasteiger partial charge in [-0.25, -0.2) is 4.39 Å². The molecule has 3 rings (SSSR count). The van der Waals surface area contributed by atoms with E-state index in [0.29, 0.717) is 17.2 Å². The van der Waals surface area contributed by atoms with Crippen LogP contribution in [0.3, 0.4) is 0 Å². The van der Waals surface area contributed by atoms with E-state index in [1.165, 1.54) is 57.8 Å². The summed E-state index contributed by atoms with van der Waals surface area (Å²) in [6.45, 7) is 4.12. The fourth-order valence-corrected chi connectivity index (χ4v) is 5.13. The molecule has 0 atom stereocenters. The molecule has 4 heteroatoms. The zero-order valence-electron chi connectivity index (χ0n) is 16.5. The molecule has 0 spiro atoms. The summed E-state index contributed by atoms with van der Waals surface area (Å²) >= 11 is 0. The van der Waals surface area contributed by atoms with Crippen molar-refractivity contribution in [3.63, 3.8) is 0 Å². The summed E-state index contributed by atoms with van der Waals surface area (Å²) in [5, 5.41) is 8.88. The molecular formula is C22H34BFO2. The van der Waals surface area contributed by atoms with Crippen molar-refractivity contribution in [2.24, 2.45) is 23.7 Å². The van der Waals surface area contributed by atoms with Crippen LogP contribution >= 0.6 is 0 Å². The SMILES string of the molecule is Cc1c(OBO)ccc(CC2CCC(CC3CCC(C)CC3)CC2)c1F. The Hall–Kier alpha value is -1.03. The van der Waals surface area contributed by atoms with E-state index < -0.39 is 7.69 Å². The van der Waals surface area contributed by atoms with Gasteiger partial charge in [-0.1, -0.05) is 51.5 Å². The third kappa shape index (κ3) is 5.03. The summed E-state index contributed by atoms with van der Waals surface area (Å²) in [6, 6.07) is 3.63. The Labute approximate surface area is 158 Å². The van der Waals surface area contributed by atoms with E-state index in [9.17, 15) is 4.39 Å². The van der Waals surface area contributed by atoms with Crippen molar-refractivity contribution in [3.05, 3.63) is 29.1 Å². The van der Waals surface area contributed by atoms with Gasteiger partial charge in [0.15, 0.2) is 0 Å². The van der Waals surface area contributed by atoms with Crippen molar-refractivity contribution in [2.45, 2.75) is 78.1 Å². The van der Waals surface area contributed by atoms with Gasteiger partial charge in [-0.05, 0) is 67.9 Å². The van der Waals surface area contributed by atoms with Gasteiger partial charge in [-0.15, -0.1) is 0 Å². The summed E-state index contributed by atoms with van der Waals surface area (Å²) in [6.07, 6.45) is 13.1. The average molecular weight is 360 g/mol. The number of hydrogen-bond acceptors (Lipinski definition) is 2. The maximum absolute atomic E-state index is 14.6. The number of rotatable bonds is 6. The molecule has 0 aliphatic heterocycles. The molecule has 26 heavy (non-hydrogen) atoms. The van der Waals surface area contributed by atoms with Crippen molar-refractivity contribution in [1.29, 1.82) is 0 Å². The molecular weight excluding hydrogens is 326 g/mol. The summed E-state index contributed by atoms with van der Waals surface area (Å²) in [4.78, 5) is 0. The predicted molar refractivity (Wildman–Crippen MR) is 106 cm³/mol. The van der Waals surface area contributed by atoms with E-state index in [4.69, 9.17) is 9.68 Å². The van der Waals surface area contributed by atoms with Crippen LogP contribution in [-0.4, -0.2) is 12.7 Å². The first kappa shape index (κ1) is 19.7. The van der Waals surface area contributed by atoms with Gasteiger partial charge in [0.2, 0.25) is 0 Å². The van der Waals surface area contributed by atoms with E-state index >= 15 is 0 Å². The lowest BCUT2D eigenvalue weighted by molar-refractivity contribution is 0.195. The highest BCUT2D eigenvalue weighted by molar-refractivity contribution is 6.17. The van der Waals surface area contributed by atoms with Crippen molar-refractivity contribution >= 4 is 7.69 Å². The van der Waals surface area contributed by atoms with Gasteiger partial charge in [0.1, 0.15) is 11.6 Å². The molecule has 2 fully saturated rings. The van der Waals surface area contributed by atoms with Crippen molar-refractivity contribution < 1.29 is 14.1 Å². The Morgan fingerprint density at radius 3 is 2.19 bits per heavy atom. The van der Waals surface area contributed by atoms with Gasteiger partial charge in [0.05, 0.1) is 0 Å². The van der Waals surface area contributed by atoms with E-state index in [1.54, 1.807) is 13.0 Å². The minimum atomic E-state index is -0.413. The maximum Gasteiger partial charge on any atom is 0.504 e. The smallest absolute Gasteiger partial charge is 0.504 e. The first-order valence-corrected chi connectivity index (χ1v) is 10.6. The largest absolute Gasteiger partial charge is 0.539 e. The quantitative estimate of drug-likeness (QED) is 0.694. The molecule has 0 saturated heterocycles. The third-order valence-corrected chi connectivity index (χ3v) is 6.91. The maximum atomic E-state index is 14.6. The lowest BCUT2D eigenvalue weighted by Crippen LogP contribution is -2.21. The number of benzene rings is 1. The van der Waals surface area contributed by atoms with Crippen LogP contribution in [0.15, 0.2) is 12.1 Å². The van der Waals surface area contributed by atoms with Gasteiger partial charge < -0.3 is 9.68 Å². The monoisotopic (exact) mass is 360 g/mol. The van der Waals surface area contributed by atoms with Crippen LogP contribution in [-0.2, 0) is 6.42 Å². The normalized spacial score (nSPS) is 29.4. The molecule has 144 valence electrons. The van der Waals surface area contributed by atoms with Crippen molar-refractivity contribution in [2.75, 3.05) is 0 Å². The van der Waals surface area contributed by atoms with Gasteiger partial charge in [-0.2, -0.15) is 0 Å². The van der Waals surface area contributed by atoms with Crippen LogP contribution in [0.25, 0.3) is 0 Å². The zero-order chi connectivity index (χ0) is 18.5. The molecule has 0 amide bonds. The molecule has 2 aliphatic carbocycles. The topological polar surface area (TPSA) is 29.5 Å². The first-order chi connectivity index (χ1) is 12.6. The zero-order valence-corrected chi connectivity index (χ0v) is 16.5. The summed E-state index contributed by atoms with van der Waals surface area (Å²) in [5.74, 6) is 3.70. The average Bonchev–Trinajstić information content (AvgIpc) is 2.65. The van der Waals surface area contributed by atoms with Crippen LogP contribution in [0, 0.1) is 36.4 Å². The Kier molecular flexibility index (Phi) is 7.02. The van der Waals surface area contributed by atoms with Crippen LogP contribution in [0.5, 0.6) is 5.75 Å². The minimum Gasteiger partial charge on any atom is -0.539 e. The fraction of sp³-hybridized carbons (Fsp3) is 0.727. The van der Waals surface area contributed by atoms with Gasteiger partial charge in [0.25, 0.3) is 0 Å². The Morgan fingerprint density at radius 2 is 1.58 bits per heavy atom. The van der Waals surface area contributed by atoms with Gasteiger partial charge >= 0.3 is 7.69 Å². The molecule has 0 unspecified atom stereocenters. The molecule has 0 aromatic heterocycles.